The van der Waals surface area contributed by atoms with E-state index in [1.807, 2.05) is 18.2 Å². The lowest BCUT2D eigenvalue weighted by Crippen LogP contribution is -2.39. The number of ether oxygens (including phenoxy) is 1. The number of hydrogen-bond acceptors (Lipinski definition) is 3. The third-order valence-corrected chi connectivity index (χ3v) is 5.56. The van der Waals surface area contributed by atoms with Crippen LogP contribution in [0.25, 0.3) is 10.9 Å². The van der Waals surface area contributed by atoms with Crippen molar-refractivity contribution in [2.45, 2.75) is 38.6 Å². The van der Waals surface area contributed by atoms with Gasteiger partial charge in [0.15, 0.2) is 0 Å². The van der Waals surface area contributed by atoms with E-state index in [0.717, 1.165) is 37.1 Å². The molecule has 3 nitrogen and oxygen atoms in total. The summed E-state index contributed by atoms with van der Waals surface area (Å²) in [5, 5.41) is 0.896. The molecule has 140 valence electrons. The molecule has 4 heteroatoms. The van der Waals surface area contributed by atoms with Gasteiger partial charge in [-0.05, 0) is 37.5 Å². The van der Waals surface area contributed by atoms with E-state index in [0.29, 0.717) is 17.1 Å². The molecule has 1 unspecified atom stereocenters. The molecular formula is C23H25FN2O. The number of pyridine rings is 1. The summed E-state index contributed by atoms with van der Waals surface area (Å²) in [4.78, 5) is 6.86. The number of likely N-dealkylation sites (tertiary alicyclic amines) is 1. The molecule has 0 N–H and O–H groups in total. The molecule has 3 aromatic rings. The number of piperidine rings is 1. The number of rotatable bonds is 5. The van der Waals surface area contributed by atoms with Crippen LogP contribution >= 0.6 is 0 Å². The number of halogens is 1. The molecule has 0 aliphatic carbocycles. The maximum Gasteiger partial charge on any atom is 0.130 e. The van der Waals surface area contributed by atoms with E-state index in [1.54, 1.807) is 12.3 Å². The Bertz CT molecular complexity index is 891. The summed E-state index contributed by atoms with van der Waals surface area (Å²) < 4.78 is 19.5. The first-order valence-electron chi connectivity index (χ1n) is 9.64. The van der Waals surface area contributed by atoms with Crippen LogP contribution in [0, 0.1) is 0 Å². The Morgan fingerprint density at radius 1 is 1.07 bits per heavy atom. The van der Waals surface area contributed by atoms with Crippen LogP contribution in [0.3, 0.4) is 0 Å². The van der Waals surface area contributed by atoms with Crippen molar-refractivity contribution in [3.05, 3.63) is 71.9 Å². The topological polar surface area (TPSA) is 25.4 Å². The van der Waals surface area contributed by atoms with E-state index in [1.165, 1.54) is 5.56 Å². The highest BCUT2D eigenvalue weighted by Crippen LogP contribution is 2.30. The molecule has 1 atom stereocenters. The highest BCUT2D eigenvalue weighted by molar-refractivity contribution is 5.87. The zero-order valence-corrected chi connectivity index (χ0v) is 15.6. The molecule has 2 aromatic carbocycles. The van der Waals surface area contributed by atoms with Gasteiger partial charge in [-0.15, -0.1) is 0 Å². The smallest absolute Gasteiger partial charge is 0.130 e. The lowest BCUT2D eigenvalue weighted by Gasteiger charge is -2.36. The van der Waals surface area contributed by atoms with E-state index in [-0.39, 0.29) is 6.10 Å². The van der Waals surface area contributed by atoms with Crippen LogP contribution in [0.2, 0.25) is 0 Å². The maximum atomic E-state index is 13.2. The molecule has 2 heterocycles. The Morgan fingerprint density at radius 2 is 1.85 bits per heavy atom. The van der Waals surface area contributed by atoms with Crippen LogP contribution in [0.15, 0.2) is 60.8 Å². The zero-order chi connectivity index (χ0) is 18.6. The van der Waals surface area contributed by atoms with Crippen molar-refractivity contribution in [2.75, 3.05) is 13.1 Å². The number of hydrogen-bond donors (Lipinski definition) is 0. The first kappa shape index (κ1) is 17.9. The average Bonchev–Trinajstić information content (AvgIpc) is 2.74. The zero-order valence-electron chi connectivity index (χ0n) is 15.6. The van der Waals surface area contributed by atoms with Crippen molar-refractivity contribution in [1.82, 2.24) is 9.88 Å². The van der Waals surface area contributed by atoms with E-state index < -0.39 is 6.67 Å². The van der Waals surface area contributed by atoms with Gasteiger partial charge in [-0.25, -0.2) is 4.39 Å². The van der Waals surface area contributed by atoms with Crippen LogP contribution in [-0.4, -0.2) is 29.1 Å². The summed E-state index contributed by atoms with van der Waals surface area (Å²) >= 11 is 0. The molecule has 0 saturated carbocycles. The normalized spacial score (nSPS) is 17.1. The minimum atomic E-state index is -0.510. The SMILES string of the molecule is CC(c1ccccc1)N1CCC(Oc2ccnc3c(CF)cccc23)CC1. The van der Waals surface area contributed by atoms with E-state index in [4.69, 9.17) is 4.74 Å². The molecule has 0 radical (unpaired) electrons. The summed E-state index contributed by atoms with van der Waals surface area (Å²) in [6, 6.07) is 18.6. The number of alkyl halides is 1. The number of fused-ring (bicyclic) bond motifs is 1. The lowest BCUT2D eigenvalue weighted by atomic mass is 10.0. The van der Waals surface area contributed by atoms with Crippen LogP contribution in [0.1, 0.15) is 36.9 Å². The molecule has 27 heavy (non-hydrogen) atoms. The van der Waals surface area contributed by atoms with Gasteiger partial charge < -0.3 is 4.74 Å². The molecule has 0 spiro atoms. The van der Waals surface area contributed by atoms with Gasteiger partial charge in [0.1, 0.15) is 18.5 Å². The van der Waals surface area contributed by atoms with E-state index in [2.05, 4.69) is 47.1 Å². The monoisotopic (exact) mass is 364 g/mol. The van der Waals surface area contributed by atoms with E-state index in [9.17, 15) is 4.39 Å². The number of nitrogens with zero attached hydrogens (tertiary/aromatic N) is 2. The summed E-state index contributed by atoms with van der Waals surface area (Å²) in [6.07, 6.45) is 3.88. The second kappa shape index (κ2) is 8.05. The minimum Gasteiger partial charge on any atom is -0.490 e. The minimum absolute atomic E-state index is 0.184. The number of aromatic nitrogens is 1. The van der Waals surface area contributed by atoms with Gasteiger partial charge in [0.25, 0.3) is 0 Å². The third-order valence-electron chi connectivity index (χ3n) is 5.56. The molecule has 1 fully saturated rings. The van der Waals surface area contributed by atoms with Crippen LogP contribution in [0.5, 0.6) is 5.75 Å². The molecule has 1 saturated heterocycles. The Kier molecular flexibility index (Phi) is 5.35. The van der Waals surface area contributed by atoms with Crippen molar-refractivity contribution in [3.8, 4) is 5.75 Å². The number of para-hydroxylation sites is 1. The van der Waals surface area contributed by atoms with Crippen LogP contribution < -0.4 is 4.74 Å². The van der Waals surface area contributed by atoms with Gasteiger partial charge in [-0.3, -0.25) is 9.88 Å². The lowest BCUT2D eigenvalue weighted by molar-refractivity contribution is 0.0806. The Balaban J connectivity index is 1.43. The van der Waals surface area contributed by atoms with Crippen molar-refractivity contribution < 1.29 is 9.13 Å². The first-order valence-corrected chi connectivity index (χ1v) is 9.64. The summed E-state index contributed by atoms with van der Waals surface area (Å²) in [5.41, 5.74) is 2.67. The molecule has 4 rings (SSSR count). The molecule has 0 bridgehead atoms. The molecule has 0 amide bonds. The van der Waals surface area contributed by atoms with Gasteiger partial charge >= 0.3 is 0 Å². The Hall–Kier alpha value is -2.46. The maximum absolute atomic E-state index is 13.2. The predicted molar refractivity (Wildman–Crippen MR) is 107 cm³/mol. The van der Waals surface area contributed by atoms with Gasteiger partial charge in [0.2, 0.25) is 0 Å². The van der Waals surface area contributed by atoms with Gasteiger partial charge in [0.05, 0.1) is 5.52 Å². The fourth-order valence-electron chi connectivity index (χ4n) is 3.93. The van der Waals surface area contributed by atoms with E-state index >= 15 is 0 Å². The fourth-order valence-corrected chi connectivity index (χ4v) is 3.93. The molecule has 1 aromatic heterocycles. The van der Waals surface area contributed by atoms with Gasteiger partial charge in [-0.1, -0.05) is 42.5 Å². The fraction of sp³-hybridized carbons (Fsp3) is 0.348. The standard InChI is InChI=1S/C23H25FN2O/c1-17(18-6-3-2-4-7-18)26-14-11-20(12-15-26)27-22-10-13-25-23-19(16-24)8-5-9-21(22)23/h2-10,13,17,20H,11-12,14-16H2,1H3. The quantitative estimate of drug-likeness (QED) is 0.613. The summed E-state index contributed by atoms with van der Waals surface area (Å²) in [6.45, 7) is 3.79. The Morgan fingerprint density at radius 3 is 2.59 bits per heavy atom. The average molecular weight is 364 g/mol. The van der Waals surface area contributed by atoms with Crippen molar-refractivity contribution >= 4 is 10.9 Å². The molecule has 1 aliphatic rings. The highest BCUT2D eigenvalue weighted by atomic mass is 19.1. The first-order chi connectivity index (χ1) is 13.3. The third kappa shape index (κ3) is 3.81. The second-order valence-corrected chi connectivity index (χ2v) is 7.20. The summed E-state index contributed by atoms with van der Waals surface area (Å²) in [5.74, 6) is 0.810. The number of benzene rings is 2. The van der Waals surface area contributed by atoms with Crippen LogP contribution in [0.4, 0.5) is 4.39 Å². The second-order valence-electron chi connectivity index (χ2n) is 7.20. The van der Waals surface area contributed by atoms with Crippen molar-refractivity contribution in [1.29, 1.82) is 0 Å². The van der Waals surface area contributed by atoms with Crippen molar-refractivity contribution in [3.63, 3.8) is 0 Å². The van der Waals surface area contributed by atoms with Crippen molar-refractivity contribution in [2.24, 2.45) is 0 Å². The largest absolute Gasteiger partial charge is 0.490 e. The molecular weight excluding hydrogens is 339 g/mol. The highest BCUT2D eigenvalue weighted by Gasteiger charge is 2.25. The predicted octanol–water partition coefficient (Wildman–Crippen LogP) is 5.31. The van der Waals surface area contributed by atoms with Gasteiger partial charge in [0, 0.05) is 36.3 Å². The summed E-state index contributed by atoms with van der Waals surface area (Å²) in [7, 11) is 0. The molecule has 1 aliphatic heterocycles. The van der Waals surface area contributed by atoms with Gasteiger partial charge in [-0.2, -0.15) is 0 Å². The van der Waals surface area contributed by atoms with Crippen LogP contribution in [-0.2, 0) is 6.67 Å². The Labute approximate surface area is 159 Å².